The fourth-order valence-electron chi connectivity index (χ4n) is 2.34. The van der Waals surface area contributed by atoms with Gasteiger partial charge in [0, 0.05) is 25.3 Å². The fourth-order valence-corrected chi connectivity index (χ4v) is 2.34. The molecule has 4 heteroatoms. The van der Waals surface area contributed by atoms with E-state index in [0.717, 1.165) is 31.3 Å². The molecular weight excluding hydrogens is 262 g/mol. The number of anilines is 1. The predicted molar refractivity (Wildman–Crippen MR) is 86.5 cm³/mol. The first kappa shape index (κ1) is 15.6. The Morgan fingerprint density at radius 3 is 2.38 bits per heavy atom. The van der Waals surface area contributed by atoms with Crippen LogP contribution in [0.25, 0.3) is 0 Å². The third-order valence-corrected chi connectivity index (χ3v) is 3.69. The molecule has 1 unspecified atom stereocenters. The van der Waals surface area contributed by atoms with Gasteiger partial charge in [0.25, 0.3) is 0 Å². The molecule has 1 aromatic heterocycles. The molecule has 0 saturated heterocycles. The summed E-state index contributed by atoms with van der Waals surface area (Å²) in [6.45, 7) is 11.2. The average molecular weight is 287 g/mol. The number of oxazole rings is 1. The van der Waals surface area contributed by atoms with Crippen LogP contribution < -0.4 is 10.2 Å². The summed E-state index contributed by atoms with van der Waals surface area (Å²) in [6, 6.07) is 8.83. The van der Waals surface area contributed by atoms with Gasteiger partial charge in [0.1, 0.15) is 5.76 Å². The second-order valence-corrected chi connectivity index (χ2v) is 5.25. The van der Waals surface area contributed by atoms with Crippen molar-refractivity contribution >= 4 is 5.69 Å². The Balaban J connectivity index is 1.91. The molecule has 0 radical (unpaired) electrons. The second kappa shape index (κ2) is 7.27. The zero-order valence-corrected chi connectivity index (χ0v) is 13.4. The van der Waals surface area contributed by atoms with E-state index in [4.69, 9.17) is 4.42 Å². The van der Waals surface area contributed by atoms with Crippen molar-refractivity contribution in [2.75, 3.05) is 18.0 Å². The Kier molecular flexibility index (Phi) is 5.39. The number of rotatable bonds is 7. The lowest BCUT2D eigenvalue weighted by Crippen LogP contribution is -2.22. The van der Waals surface area contributed by atoms with Gasteiger partial charge in [-0.1, -0.05) is 12.1 Å². The lowest BCUT2D eigenvalue weighted by molar-refractivity contribution is 0.402. The highest BCUT2D eigenvalue weighted by Crippen LogP contribution is 2.16. The summed E-state index contributed by atoms with van der Waals surface area (Å²) in [5.41, 5.74) is 2.54. The minimum Gasteiger partial charge on any atom is -0.444 e. The number of aryl methyl sites for hydroxylation is 1. The molecular formula is C17H25N3O. The van der Waals surface area contributed by atoms with Crippen molar-refractivity contribution in [1.29, 1.82) is 0 Å². The molecule has 1 aromatic carbocycles. The van der Waals surface area contributed by atoms with E-state index >= 15 is 0 Å². The predicted octanol–water partition coefficient (Wildman–Crippen LogP) is 3.68. The van der Waals surface area contributed by atoms with Crippen molar-refractivity contribution in [3.05, 3.63) is 47.7 Å². The first-order valence-electron chi connectivity index (χ1n) is 7.63. The molecule has 1 heterocycles. The maximum atomic E-state index is 5.53. The Morgan fingerprint density at radius 2 is 1.86 bits per heavy atom. The van der Waals surface area contributed by atoms with Crippen LogP contribution in [0.4, 0.5) is 5.69 Å². The topological polar surface area (TPSA) is 41.3 Å². The smallest absolute Gasteiger partial charge is 0.211 e. The van der Waals surface area contributed by atoms with Gasteiger partial charge in [-0.2, -0.15) is 0 Å². The first-order chi connectivity index (χ1) is 10.1. The van der Waals surface area contributed by atoms with E-state index in [0.29, 0.717) is 0 Å². The fraction of sp³-hybridized carbons (Fsp3) is 0.471. The SMILES string of the molecule is CCN(CC)c1ccc(CNC(C)c2ncc(C)o2)cc1. The molecule has 4 nitrogen and oxygen atoms in total. The third kappa shape index (κ3) is 4.08. The molecule has 0 aliphatic heterocycles. The number of aromatic nitrogens is 1. The standard InChI is InChI=1S/C17H25N3O/c1-5-20(6-2)16-9-7-15(8-10-16)12-18-14(4)17-19-11-13(3)21-17/h7-11,14,18H,5-6,12H2,1-4H3. The quantitative estimate of drug-likeness (QED) is 0.843. The Morgan fingerprint density at radius 1 is 1.19 bits per heavy atom. The lowest BCUT2D eigenvalue weighted by Gasteiger charge is -2.21. The van der Waals surface area contributed by atoms with E-state index < -0.39 is 0 Å². The van der Waals surface area contributed by atoms with Crippen LogP contribution in [0.15, 0.2) is 34.9 Å². The molecule has 0 aliphatic rings. The van der Waals surface area contributed by atoms with Gasteiger partial charge in [-0.05, 0) is 45.4 Å². The van der Waals surface area contributed by atoms with Crippen molar-refractivity contribution in [1.82, 2.24) is 10.3 Å². The van der Waals surface area contributed by atoms with Crippen LogP contribution in [0.1, 0.15) is 44.0 Å². The van der Waals surface area contributed by atoms with E-state index in [2.05, 4.69) is 60.2 Å². The van der Waals surface area contributed by atoms with E-state index in [9.17, 15) is 0 Å². The monoisotopic (exact) mass is 287 g/mol. The molecule has 0 saturated carbocycles. The summed E-state index contributed by atoms with van der Waals surface area (Å²) in [7, 11) is 0. The van der Waals surface area contributed by atoms with Crippen LogP contribution in [-0.4, -0.2) is 18.1 Å². The zero-order chi connectivity index (χ0) is 15.2. The summed E-state index contributed by atoms with van der Waals surface area (Å²) in [5.74, 6) is 1.59. The Hall–Kier alpha value is -1.81. The number of benzene rings is 1. The molecule has 114 valence electrons. The van der Waals surface area contributed by atoms with Crippen molar-refractivity contribution in [3.63, 3.8) is 0 Å². The first-order valence-corrected chi connectivity index (χ1v) is 7.63. The average Bonchev–Trinajstić information content (AvgIpc) is 2.94. The highest BCUT2D eigenvalue weighted by Gasteiger charge is 2.10. The van der Waals surface area contributed by atoms with Crippen molar-refractivity contribution in [2.24, 2.45) is 0 Å². The number of nitrogens with one attached hydrogen (secondary N) is 1. The van der Waals surface area contributed by atoms with Crippen molar-refractivity contribution in [3.8, 4) is 0 Å². The van der Waals surface area contributed by atoms with Gasteiger partial charge in [0.2, 0.25) is 5.89 Å². The molecule has 21 heavy (non-hydrogen) atoms. The molecule has 0 spiro atoms. The molecule has 1 atom stereocenters. The normalized spacial score (nSPS) is 12.4. The van der Waals surface area contributed by atoms with Crippen LogP contribution in [0, 0.1) is 6.92 Å². The minimum absolute atomic E-state index is 0.112. The Labute approximate surface area is 127 Å². The molecule has 0 aliphatic carbocycles. The van der Waals surface area contributed by atoms with Crippen molar-refractivity contribution in [2.45, 2.75) is 40.3 Å². The van der Waals surface area contributed by atoms with Gasteiger partial charge >= 0.3 is 0 Å². The van der Waals surface area contributed by atoms with E-state index in [1.807, 2.05) is 6.92 Å². The Bertz CT molecular complexity index is 543. The minimum atomic E-state index is 0.112. The highest BCUT2D eigenvalue weighted by molar-refractivity contribution is 5.47. The maximum absolute atomic E-state index is 5.53. The lowest BCUT2D eigenvalue weighted by atomic mass is 10.2. The molecule has 0 amide bonds. The largest absolute Gasteiger partial charge is 0.444 e. The molecule has 0 bridgehead atoms. The van der Waals surface area contributed by atoms with Crippen LogP contribution in [0.2, 0.25) is 0 Å². The van der Waals surface area contributed by atoms with Crippen LogP contribution in [-0.2, 0) is 6.54 Å². The van der Waals surface area contributed by atoms with Gasteiger partial charge < -0.3 is 14.6 Å². The van der Waals surface area contributed by atoms with Crippen LogP contribution in [0.5, 0.6) is 0 Å². The van der Waals surface area contributed by atoms with Gasteiger partial charge in [0.05, 0.1) is 12.2 Å². The number of hydrogen-bond acceptors (Lipinski definition) is 4. The number of nitrogens with zero attached hydrogens (tertiary/aromatic N) is 2. The molecule has 1 N–H and O–H groups in total. The maximum Gasteiger partial charge on any atom is 0.211 e. The third-order valence-electron chi connectivity index (χ3n) is 3.69. The van der Waals surface area contributed by atoms with Gasteiger partial charge in [-0.25, -0.2) is 4.98 Å². The van der Waals surface area contributed by atoms with Gasteiger partial charge in [-0.15, -0.1) is 0 Å². The summed E-state index contributed by atoms with van der Waals surface area (Å²) in [4.78, 5) is 6.59. The highest BCUT2D eigenvalue weighted by atomic mass is 16.4. The van der Waals surface area contributed by atoms with Crippen molar-refractivity contribution < 1.29 is 4.42 Å². The second-order valence-electron chi connectivity index (χ2n) is 5.25. The molecule has 2 rings (SSSR count). The van der Waals surface area contributed by atoms with E-state index in [-0.39, 0.29) is 6.04 Å². The molecule has 0 fully saturated rings. The van der Waals surface area contributed by atoms with E-state index in [1.165, 1.54) is 11.3 Å². The van der Waals surface area contributed by atoms with Crippen LogP contribution >= 0.6 is 0 Å². The summed E-state index contributed by atoms with van der Waals surface area (Å²) in [5, 5.41) is 3.44. The number of hydrogen-bond donors (Lipinski definition) is 1. The summed E-state index contributed by atoms with van der Waals surface area (Å²) >= 11 is 0. The summed E-state index contributed by atoms with van der Waals surface area (Å²) < 4.78 is 5.53. The van der Waals surface area contributed by atoms with Gasteiger partial charge in [-0.3, -0.25) is 0 Å². The summed E-state index contributed by atoms with van der Waals surface area (Å²) in [6.07, 6.45) is 1.76. The molecule has 2 aromatic rings. The van der Waals surface area contributed by atoms with Crippen LogP contribution in [0.3, 0.4) is 0 Å². The zero-order valence-electron chi connectivity index (χ0n) is 13.4. The van der Waals surface area contributed by atoms with Gasteiger partial charge in [0.15, 0.2) is 0 Å². The van der Waals surface area contributed by atoms with E-state index in [1.54, 1.807) is 6.20 Å².